The Bertz CT molecular complexity index is 67.1. The number of rotatable bonds is 0. The molecule has 0 rings (SSSR count). The zero-order valence-electron chi connectivity index (χ0n) is 3.07. The minimum absolute atomic E-state index is 0. The fourth-order valence-electron chi connectivity index (χ4n) is 0. The molecule has 57 valence electrons. The Morgan fingerprint density at radius 1 is 0.625 bits per heavy atom. The van der Waals surface area contributed by atoms with E-state index in [1.807, 2.05) is 0 Å². The van der Waals surface area contributed by atoms with Crippen LogP contribution in [0.3, 0.4) is 0 Å². The predicted octanol–water partition coefficient (Wildman–Crippen LogP) is 2.14. The third-order valence-electron chi connectivity index (χ3n) is 0. The molecule has 0 aliphatic heterocycles. The first-order valence-electron chi connectivity index (χ1n) is 1.13. The fourth-order valence-corrected chi connectivity index (χ4v) is 0. The quantitative estimate of drug-likeness (QED) is 0.323. The van der Waals surface area contributed by atoms with E-state index in [-0.39, 0.29) is 17.1 Å². The summed E-state index contributed by atoms with van der Waals surface area (Å²) in [5.74, 6) is 0. The summed E-state index contributed by atoms with van der Waals surface area (Å²) in [6.45, 7) is 0. The minimum Gasteiger partial charge on any atom is 2.00 e. The number of hydrogen-bond donors (Lipinski definition) is 0. The van der Waals surface area contributed by atoms with E-state index in [0.717, 1.165) is 0 Å². The van der Waals surface area contributed by atoms with E-state index in [0.29, 0.717) is 0 Å². The standard InChI is InChI=1S/Cu.F6Si/c;1-7(2,3,4,5)6/q+2;-2. The Morgan fingerprint density at radius 3 is 0.625 bits per heavy atom. The van der Waals surface area contributed by atoms with Gasteiger partial charge in [0.25, 0.3) is 0 Å². The van der Waals surface area contributed by atoms with Crippen LogP contribution in [0, 0.1) is 0 Å². The molecule has 0 bridgehead atoms. The average molecular weight is 206 g/mol. The van der Waals surface area contributed by atoms with Crippen LogP contribution in [0.15, 0.2) is 0 Å². The first kappa shape index (κ1) is 11.2. The molecular weight excluding hydrogens is 206 g/mol. The molecule has 0 aromatic rings. The van der Waals surface area contributed by atoms with Crippen LogP contribution in [0.1, 0.15) is 0 Å². The molecule has 0 N–H and O–H groups in total. The monoisotopic (exact) mass is 205 g/mol. The van der Waals surface area contributed by atoms with Crippen LogP contribution in [0.4, 0.5) is 24.6 Å². The van der Waals surface area contributed by atoms with E-state index < -0.39 is 8.63 Å². The second-order valence-electron chi connectivity index (χ2n) is 1.07. The van der Waals surface area contributed by atoms with Gasteiger partial charge >= 0.3 is 50.3 Å². The molecule has 8 heavy (non-hydrogen) atoms. The first-order valence-corrected chi connectivity index (χ1v) is 3.40. The molecule has 0 saturated heterocycles. The molecule has 0 saturated carbocycles. The van der Waals surface area contributed by atoms with Gasteiger partial charge in [0.1, 0.15) is 0 Å². The van der Waals surface area contributed by atoms with Crippen LogP contribution in [-0.2, 0) is 17.1 Å². The number of hydrogen-bond acceptors (Lipinski definition) is 0. The summed E-state index contributed by atoms with van der Waals surface area (Å²) in [5.41, 5.74) is 0. The second-order valence-corrected chi connectivity index (χ2v) is 3.21. The maximum atomic E-state index is 9.88. The van der Waals surface area contributed by atoms with Crippen molar-refractivity contribution in [3.8, 4) is 0 Å². The van der Waals surface area contributed by atoms with Crippen molar-refractivity contribution in [1.82, 2.24) is 0 Å². The normalized spacial score (nSPS) is 20.2. The summed E-state index contributed by atoms with van der Waals surface area (Å²) in [5, 5.41) is 0. The van der Waals surface area contributed by atoms with Crippen molar-refractivity contribution in [1.29, 1.82) is 0 Å². The molecule has 0 heterocycles. The summed E-state index contributed by atoms with van der Waals surface area (Å²) in [6, 6.07) is 0. The van der Waals surface area contributed by atoms with Crippen molar-refractivity contribution in [3.05, 3.63) is 0 Å². The maximum Gasteiger partial charge on any atom is 2.00 e. The molecule has 0 atom stereocenters. The average Bonchev–Trinajstić information content (AvgIpc) is 0.592. The first-order chi connectivity index (χ1) is 2.45. The molecular formula is CuF6Si. The van der Waals surface area contributed by atoms with Crippen molar-refractivity contribution >= 4 is 8.63 Å². The third-order valence-corrected chi connectivity index (χ3v) is 0. The Kier molecular flexibility index (Phi) is 1.74. The van der Waals surface area contributed by atoms with Crippen LogP contribution in [-0.4, -0.2) is 8.63 Å². The van der Waals surface area contributed by atoms with E-state index in [4.69, 9.17) is 0 Å². The fraction of sp³-hybridized carbons (Fsp3) is 0. The van der Waals surface area contributed by atoms with Crippen molar-refractivity contribution in [2.45, 2.75) is 0 Å². The van der Waals surface area contributed by atoms with Crippen LogP contribution < -0.4 is 0 Å². The van der Waals surface area contributed by atoms with Gasteiger partial charge < -0.3 is 0 Å². The summed E-state index contributed by atoms with van der Waals surface area (Å²) < 4.78 is 59.3. The smallest absolute Gasteiger partial charge is 2.00 e. The van der Waals surface area contributed by atoms with Crippen molar-refractivity contribution in [3.63, 3.8) is 0 Å². The molecule has 0 aromatic carbocycles. The maximum absolute atomic E-state index is 10.8. The van der Waals surface area contributed by atoms with Crippen molar-refractivity contribution in [2.24, 2.45) is 0 Å². The van der Waals surface area contributed by atoms with Gasteiger partial charge in [0.2, 0.25) is 0 Å². The van der Waals surface area contributed by atoms with Gasteiger partial charge in [-0.25, -0.2) is 0 Å². The topological polar surface area (TPSA) is 0 Å². The van der Waals surface area contributed by atoms with Crippen LogP contribution >= 0.6 is 0 Å². The van der Waals surface area contributed by atoms with Crippen molar-refractivity contribution < 1.29 is 41.7 Å². The summed E-state index contributed by atoms with van der Waals surface area (Å²) in [4.78, 5) is 0. The Morgan fingerprint density at radius 2 is 0.625 bits per heavy atom. The van der Waals surface area contributed by atoms with Crippen LogP contribution in [0.5, 0.6) is 0 Å². The van der Waals surface area contributed by atoms with Gasteiger partial charge in [0, 0.05) is 0 Å². The van der Waals surface area contributed by atoms with Gasteiger partial charge in [-0.15, -0.1) is 0 Å². The van der Waals surface area contributed by atoms with E-state index in [2.05, 4.69) is 0 Å². The van der Waals surface area contributed by atoms with Gasteiger partial charge in [-0.2, -0.15) is 0 Å². The van der Waals surface area contributed by atoms with Gasteiger partial charge in [0.15, 0.2) is 0 Å². The molecule has 0 unspecified atom stereocenters. The zero-order chi connectivity index (χ0) is 6.41. The molecule has 1 radical (unpaired) electrons. The minimum atomic E-state index is -10.8. The third kappa shape index (κ3) is 1780. The number of halogens is 6. The van der Waals surface area contributed by atoms with Crippen LogP contribution in [0.25, 0.3) is 0 Å². The van der Waals surface area contributed by atoms with Gasteiger partial charge in [-0.05, 0) is 0 Å². The Balaban J connectivity index is 0. The second kappa shape index (κ2) is 1.24. The summed E-state index contributed by atoms with van der Waals surface area (Å²) in [7, 11) is -10.8. The molecule has 0 aliphatic carbocycles. The van der Waals surface area contributed by atoms with Crippen molar-refractivity contribution in [2.75, 3.05) is 0 Å². The zero-order valence-corrected chi connectivity index (χ0v) is 5.01. The molecule has 0 fully saturated rings. The summed E-state index contributed by atoms with van der Waals surface area (Å²) in [6.07, 6.45) is 0. The largest absolute Gasteiger partial charge is 2.00 e. The molecule has 0 aromatic heterocycles. The Hall–Kier alpha value is 0.316. The van der Waals surface area contributed by atoms with Crippen LogP contribution in [0.2, 0.25) is 0 Å². The molecule has 0 spiro atoms. The molecule has 0 aliphatic rings. The molecule has 0 amide bonds. The SMILES string of the molecule is F[Si-2](F)(F)(F)(F)F.[Cu+2]. The van der Waals surface area contributed by atoms with Gasteiger partial charge in [-0.3, -0.25) is 0 Å². The van der Waals surface area contributed by atoms with Gasteiger partial charge in [0.05, 0.1) is 0 Å². The van der Waals surface area contributed by atoms with E-state index in [1.54, 1.807) is 0 Å². The predicted molar refractivity (Wildman–Crippen MR) is 12.4 cm³/mol. The molecule has 0 nitrogen and oxygen atoms in total. The van der Waals surface area contributed by atoms with E-state index >= 15 is 0 Å². The van der Waals surface area contributed by atoms with E-state index in [1.165, 1.54) is 0 Å². The molecule has 8 heteroatoms. The summed E-state index contributed by atoms with van der Waals surface area (Å²) >= 11 is 0. The van der Waals surface area contributed by atoms with Gasteiger partial charge in [-0.1, -0.05) is 0 Å². The Labute approximate surface area is 51.2 Å². The van der Waals surface area contributed by atoms with E-state index in [9.17, 15) is 24.6 Å².